The third kappa shape index (κ3) is 7.12. The quantitative estimate of drug-likeness (QED) is 0.141. The molecule has 66 heavy (non-hydrogen) atoms. The molecule has 0 bridgehead atoms. The fourth-order valence-corrected chi connectivity index (χ4v) is 9.79. The van der Waals surface area contributed by atoms with Crippen molar-refractivity contribution in [2.75, 3.05) is 4.90 Å². The molecule has 1 heterocycles. The summed E-state index contributed by atoms with van der Waals surface area (Å²) in [7, 11) is 0. The van der Waals surface area contributed by atoms with E-state index in [2.05, 4.69) is 276 Å². The van der Waals surface area contributed by atoms with Crippen LogP contribution in [0.2, 0.25) is 0 Å². The van der Waals surface area contributed by atoms with E-state index >= 15 is 0 Å². The third-order valence-electron chi connectivity index (χ3n) is 13.0. The fourth-order valence-electron chi connectivity index (χ4n) is 9.79. The van der Waals surface area contributed by atoms with E-state index < -0.39 is 0 Å². The number of hydrogen-bond donors (Lipinski definition) is 0. The van der Waals surface area contributed by atoms with Gasteiger partial charge in [0.2, 0.25) is 0 Å². The Morgan fingerprint density at radius 3 is 1.42 bits per heavy atom. The predicted octanol–water partition coefficient (Wildman–Crippen LogP) is 17.7. The highest BCUT2D eigenvalue weighted by molar-refractivity contribution is 6.16. The molecule has 1 aromatic heterocycles. The molecule has 12 aromatic rings. The summed E-state index contributed by atoms with van der Waals surface area (Å²) in [5, 5.41) is 4.99. The van der Waals surface area contributed by atoms with Crippen molar-refractivity contribution in [3.63, 3.8) is 0 Å². The van der Waals surface area contributed by atoms with Crippen LogP contribution in [0.5, 0.6) is 0 Å². The van der Waals surface area contributed by atoms with Gasteiger partial charge in [-0.25, -0.2) is 0 Å². The maximum atomic E-state index is 2.41. The summed E-state index contributed by atoms with van der Waals surface area (Å²) in [5.74, 6) is 0. The first-order valence-corrected chi connectivity index (χ1v) is 22.7. The van der Waals surface area contributed by atoms with Crippen LogP contribution < -0.4 is 4.90 Å². The van der Waals surface area contributed by atoms with Crippen molar-refractivity contribution in [3.05, 3.63) is 267 Å². The maximum absolute atomic E-state index is 2.41. The first kappa shape index (κ1) is 38.9. The van der Waals surface area contributed by atoms with Gasteiger partial charge in [0.05, 0.1) is 11.0 Å². The van der Waals surface area contributed by atoms with E-state index in [9.17, 15) is 0 Å². The second kappa shape index (κ2) is 16.8. The van der Waals surface area contributed by atoms with E-state index in [0.29, 0.717) is 0 Å². The van der Waals surface area contributed by atoms with E-state index in [1.165, 1.54) is 82.6 Å². The number of anilines is 3. The molecule has 0 unspecified atom stereocenters. The van der Waals surface area contributed by atoms with Crippen LogP contribution in [0.4, 0.5) is 17.1 Å². The number of aromatic nitrogens is 1. The Labute approximate surface area is 385 Å². The zero-order valence-corrected chi connectivity index (χ0v) is 36.3. The molecule has 0 N–H and O–H groups in total. The summed E-state index contributed by atoms with van der Waals surface area (Å²) in [6.45, 7) is 0. The zero-order valence-electron chi connectivity index (χ0n) is 36.3. The van der Waals surface area contributed by atoms with Crippen molar-refractivity contribution in [3.8, 4) is 61.3 Å². The smallest absolute Gasteiger partial charge is 0.0547 e. The summed E-state index contributed by atoms with van der Waals surface area (Å²) in [4.78, 5) is 2.38. The van der Waals surface area contributed by atoms with Crippen LogP contribution in [0.15, 0.2) is 267 Å². The summed E-state index contributed by atoms with van der Waals surface area (Å²) < 4.78 is 2.41. The SMILES string of the molecule is c1ccc(-c2ccc(N(c3ccc(-c4ccc(-c5cccc6ccccc56)cc4)cc3)c3cccc(-c4cccc5c4c4cc(-c6ccccc6)ccc4n5-c4ccccc4)c3)cc2)cc1. The highest BCUT2D eigenvalue weighted by atomic mass is 15.1. The van der Waals surface area contributed by atoms with Gasteiger partial charge in [0.25, 0.3) is 0 Å². The van der Waals surface area contributed by atoms with Gasteiger partial charge >= 0.3 is 0 Å². The summed E-state index contributed by atoms with van der Waals surface area (Å²) >= 11 is 0. The molecule has 11 aromatic carbocycles. The molecule has 0 aliphatic heterocycles. The van der Waals surface area contributed by atoms with Crippen molar-refractivity contribution in [2.45, 2.75) is 0 Å². The van der Waals surface area contributed by atoms with Gasteiger partial charge in [-0.1, -0.05) is 200 Å². The molecular formula is C64H44N2. The van der Waals surface area contributed by atoms with Gasteiger partial charge in [-0.2, -0.15) is 0 Å². The lowest BCUT2D eigenvalue weighted by atomic mass is 9.96. The average Bonchev–Trinajstić information content (AvgIpc) is 3.74. The summed E-state index contributed by atoms with van der Waals surface area (Å²) in [6, 6.07) is 96.8. The van der Waals surface area contributed by atoms with Crippen LogP contribution in [-0.2, 0) is 0 Å². The highest BCUT2D eigenvalue weighted by Crippen LogP contribution is 2.43. The van der Waals surface area contributed by atoms with Crippen molar-refractivity contribution < 1.29 is 0 Å². The number of nitrogens with zero attached hydrogens (tertiary/aromatic N) is 2. The molecule has 0 spiro atoms. The molecule has 0 atom stereocenters. The molecule has 0 aliphatic carbocycles. The van der Waals surface area contributed by atoms with Crippen molar-refractivity contribution in [1.29, 1.82) is 0 Å². The summed E-state index contributed by atoms with van der Waals surface area (Å²) in [5.41, 5.74) is 18.7. The summed E-state index contributed by atoms with van der Waals surface area (Å²) in [6.07, 6.45) is 0. The van der Waals surface area contributed by atoms with E-state index in [1.54, 1.807) is 0 Å². The highest BCUT2D eigenvalue weighted by Gasteiger charge is 2.19. The average molecular weight is 841 g/mol. The van der Waals surface area contributed by atoms with E-state index in [4.69, 9.17) is 0 Å². The molecule has 12 rings (SSSR count). The minimum Gasteiger partial charge on any atom is -0.310 e. The molecule has 0 radical (unpaired) electrons. The van der Waals surface area contributed by atoms with Crippen LogP contribution in [0.3, 0.4) is 0 Å². The van der Waals surface area contributed by atoms with Gasteiger partial charge in [-0.3, -0.25) is 0 Å². The number of benzene rings is 11. The van der Waals surface area contributed by atoms with Crippen molar-refractivity contribution >= 4 is 49.6 Å². The Hall–Kier alpha value is -8.72. The minimum absolute atomic E-state index is 1.08. The maximum Gasteiger partial charge on any atom is 0.0547 e. The molecule has 0 saturated heterocycles. The topological polar surface area (TPSA) is 8.17 Å². The molecule has 0 amide bonds. The lowest BCUT2D eigenvalue weighted by Gasteiger charge is -2.26. The molecule has 2 nitrogen and oxygen atoms in total. The molecule has 2 heteroatoms. The minimum atomic E-state index is 1.08. The zero-order chi connectivity index (χ0) is 43.8. The standard InChI is InChI=1S/C64H44N2/c1-4-15-45(16-5-1)48-33-38-55(39-34-48)65(56-40-35-49(36-41-56)47-29-31-51(32-30-47)59-26-13-20-50-19-10-11-25-58(50)59)57-24-12-21-53(43-57)60-27-14-28-63-64(60)61-44-52(46-17-6-2-7-18-46)37-42-62(61)66(63)54-22-8-3-9-23-54/h1-44H. The fraction of sp³-hybridized carbons (Fsp3) is 0. The molecule has 0 aliphatic rings. The Balaban J connectivity index is 0.967. The number of hydrogen-bond acceptors (Lipinski definition) is 1. The monoisotopic (exact) mass is 840 g/mol. The van der Waals surface area contributed by atoms with E-state index in [0.717, 1.165) is 28.3 Å². The van der Waals surface area contributed by atoms with E-state index in [-0.39, 0.29) is 0 Å². The molecule has 0 saturated carbocycles. The van der Waals surface area contributed by atoms with Gasteiger partial charge in [0.1, 0.15) is 0 Å². The molecule has 0 fully saturated rings. The lowest BCUT2D eigenvalue weighted by Crippen LogP contribution is -2.10. The lowest BCUT2D eigenvalue weighted by molar-refractivity contribution is 1.18. The second-order valence-corrected chi connectivity index (χ2v) is 16.9. The van der Waals surface area contributed by atoms with Gasteiger partial charge in [0, 0.05) is 33.5 Å². The third-order valence-corrected chi connectivity index (χ3v) is 13.0. The van der Waals surface area contributed by atoms with Crippen LogP contribution in [0, 0.1) is 0 Å². The van der Waals surface area contributed by atoms with Crippen LogP contribution >= 0.6 is 0 Å². The molecule has 310 valence electrons. The Morgan fingerprint density at radius 2 is 0.742 bits per heavy atom. The predicted molar refractivity (Wildman–Crippen MR) is 280 cm³/mol. The van der Waals surface area contributed by atoms with Gasteiger partial charge in [-0.15, -0.1) is 0 Å². The first-order valence-electron chi connectivity index (χ1n) is 22.7. The second-order valence-electron chi connectivity index (χ2n) is 16.9. The number of rotatable bonds is 9. The van der Waals surface area contributed by atoms with Gasteiger partial charge in [0.15, 0.2) is 0 Å². The van der Waals surface area contributed by atoms with Crippen molar-refractivity contribution in [2.24, 2.45) is 0 Å². The van der Waals surface area contributed by atoms with Crippen LogP contribution in [-0.4, -0.2) is 4.57 Å². The Bertz CT molecular complexity index is 3640. The van der Waals surface area contributed by atoms with Gasteiger partial charge in [-0.05, 0) is 133 Å². The normalized spacial score (nSPS) is 11.3. The Morgan fingerprint density at radius 1 is 0.258 bits per heavy atom. The van der Waals surface area contributed by atoms with Crippen LogP contribution in [0.1, 0.15) is 0 Å². The van der Waals surface area contributed by atoms with Crippen molar-refractivity contribution in [1.82, 2.24) is 4.57 Å². The molecular weight excluding hydrogens is 797 g/mol. The number of para-hydroxylation sites is 1. The van der Waals surface area contributed by atoms with Gasteiger partial charge < -0.3 is 9.47 Å². The van der Waals surface area contributed by atoms with Crippen LogP contribution in [0.25, 0.3) is 93.9 Å². The largest absolute Gasteiger partial charge is 0.310 e. The number of fused-ring (bicyclic) bond motifs is 4. The first-order chi connectivity index (χ1) is 32.7. The Kier molecular flexibility index (Phi) is 9.89. The van der Waals surface area contributed by atoms with E-state index in [1.807, 2.05) is 0 Å².